The van der Waals surface area contributed by atoms with Crippen LogP contribution in [0.15, 0.2) is 58.3 Å². The molecule has 0 bridgehead atoms. The number of benzene rings is 2. The molecule has 0 aliphatic rings. The van der Waals surface area contributed by atoms with Gasteiger partial charge in [-0.15, -0.1) is 0 Å². The van der Waals surface area contributed by atoms with Crippen LogP contribution in [0.5, 0.6) is 11.5 Å². The molecular formula is C12H10O2S2Sn. The molecule has 0 saturated heterocycles. The van der Waals surface area contributed by atoms with Crippen molar-refractivity contribution in [2.24, 2.45) is 0 Å². The van der Waals surface area contributed by atoms with E-state index in [0.717, 1.165) is 21.3 Å². The fourth-order valence-electron chi connectivity index (χ4n) is 1.15. The van der Waals surface area contributed by atoms with Gasteiger partial charge in [0.1, 0.15) is 0 Å². The molecule has 0 heterocycles. The minimum atomic E-state index is -1.34. The Hall–Kier alpha value is -0.461. The predicted molar refractivity (Wildman–Crippen MR) is 74.4 cm³/mol. The second kappa shape index (κ2) is 6.47. The molecule has 86 valence electrons. The maximum absolute atomic E-state index is 5.59. The fourth-order valence-corrected chi connectivity index (χ4v) is 2.89. The molecule has 0 aliphatic carbocycles. The number of hydrogen-bond donors (Lipinski definition) is 2. The van der Waals surface area contributed by atoms with E-state index >= 15 is 0 Å². The van der Waals surface area contributed by atoms with Gasteiger partial charge in [-0.1, -0.05) is 0 Å². The summed E-state index contributed by atoms with van der Waals surface area (Å²) in [7, 11) is 0. The third-order valence-electron chi connectivity index (χ3n) is 1.99. The van der Waals surface area contributed by atoms with Crippen LogP contribution in [-0.2, 0) is 0 Å². The zero-order chi connectivity index (χ0) is 12.1. The van der Waals surface area contributed by atoms with Crippen LogP contribution in [0.4, 0.5) is 0 Å². The molecule has 0 N–H and O–H groups in total. The van der Waals surface area contributed by atoms with Crippen molar-refractivity contribution in [1.82, 2.24) is 0 Å². The molecule has 2 rings (SSSR count). The van der Waals surface area contributed by atoms with E-state index in [-0.39, 0.29) is 0 Å². The quantitative estimate of drug-likeness (QED) is 0.637. The summed E-state index contributed by atoms with van der Waals surface area (Å²) >= 11 is 7.08. The molecule has 0 fully saturated rings. The Bertz CT molecular complexity index is 425. The van der Waals surface area contributed by atoms with E-state index in [0.29, 0.717) is 0 Å². The molecule has 0 spiro atoms. The van der Waals surface area contributed by atoms with Crippen molar-refractivity contribution < 1.29 is 6.15 Å². The third-order valence-corrected chi connectivity index (χ3v) is 4.41. The summed E-state index contributed by atoms with van der Waals surface area (Å²) in [6, 6.07) is 15.2. The molecule has 0 amide bonds. The number of rotatable bonds is 4. The van der Waals surface area contributed by atoms with E-state index in [1.54, 1.807) is 0 Å². The van der Waals surface area contributed by atoms with E-state index < -0.39 is 22.0 Å². The van der Waals surface area contributed by atoms with Crippen LogP contribution in [0.25, 0.3) is 0 Å². The average Bonchev–Trinajstić information content (AvgIpc) is 2.34. The van der Waals surface area contributed by atoms with Crippen LogP contribution in [0.2, 0.25) is 0 Å². The predicted octanol–water partition coefficient (Wildman–Crippen LogP) is 3.26. The summed E-state index contributed by atoms with van der Waals surface area (Å²) in [5, 5.41) is 0. The molecule has 0 atom stereocenters. The summed E-state index contributed by atoms with van der Waals surface area (Å²) in [6.45, 7) is 0. The Morgan fingerprint density at radius 2 is 1.00 bits per heavy atom. The zero-order valence-electron chi connectivity index (χ0n) is 8.83. The topological polar surface area (TPSA) is 18.5 Å². The Labute approximate surface area is 122 Å². The minimum absolute atomic E-state index is 0.834. The molecule has 0 saturated carbocycles. The van der Waals surface area contributed by atoms with Gasteiger partial charge in [0.2, 0.25) is 0 Å². The number of hydrogen-bond acceptors (Lipinski definition) is 4. The van der Waals surface area contributed by atoms with Gasteiger partial charge in [-0.05, 0) is 0 Å². The normalized spacial score (nSPS) is 10.0. The monoisotopic (exact) mass is 370 g/mol. The van der Waals surface area contributed by atoms with Gasteiger partial charge in [0.25, 0.3) is 0 Å². The molecule has 0 aliphatic heterocycles. The first-order valence-corrected chi connectivity index (χ1v) is 8.13. The number of thiol groups is 2. The van der Waals surface area contributed by atoms with Gasteiger partial charge in [-0.2, -0.15) is 0 Å². The van der Waals surface area contributed by atoms with Gasteiger partial charge in [0.05, 0.1) is 0 Å². The summed E-state index contributed by atoms with van der Waals surface area (Å²) in [4.78, 5) is 1.85. The van der Waals surface area contributed by atoms with Crippen LogP contribution < -0.4 is 6.15 Å². The summed E-state index contributed by atoms with van der Waals surface area (Å²) in [5.41, 5.74) is 0. The second-order valence-electron chi connectivity index (χ2n) is 3.28. The van der Waals surface area contributed by atoms with Crippen LogP contribution in [0, 0.1) is 0 Å². The van der Waals surface area contributed by atoms with Crippen LogP contribution in [0.1, 0.15) is 0 Å². The van der Waals surface area contributed by atoms with Crippen molar-refractivity contribution in [3.63, 3.8) is 0 Å². The Kier molecular flexibility index (Phi) is 4.94. The molecule has 0 unspecified atom stereocenters. The van der Waals surface area contributed by atoms with E-state index in [9.17, 15) is 0 Å². The van der Waals surface area contributed by atoms with Crippen molar-refractivity contribution in [2.45, 2.75) is 9.79 Å². The molecule has 2 nitrogen and oxygen atoms in total. The first kappa shape index (κ1) is 13.0. The van der Waals surface area contributed by atoms with E-state index in [2.05, 4.69) is 25.3 Å². The summed E-state index contributed by atoms with van der Waals surface area (Å²) in [5.74, 6) is 1.67. The van der Waals surface area contributed by atoms with Crippen molar-refractivity contribution in [1.29, 1.82) is 0 Å². The van der Waals surface area contributed by atoms with Crippen molar-refractivity contribution in [3.05, 3.63) is 48.5 Å². The molecule has 2 aromatic rings. The Morgan fingerprint density at radius 1 is 0.647 bits per heavy atom. The van der Waals surface area contributed by atoms with Gasteiger partial charge in [-0.25, -0.2) is 0 Å². The molecule has 17 heavy (non-hydrogen) atoms. The SMILES string of the molecule is Sc1ccc([O][Sn][O]c2ccc(S)cc2)cc1. The Balaban J connectivity index is 1.83. The third kappa shape index (κ3) is 4.37. The summed E-state index contributed by atoms with van der Waals surface area (Å²) < 4.78 is 11.2. The standard InChI is InChI=1S/2C6H6OS.Sn/c2*7-5-1-3-6(8)4-2-5;/h2*1-4,7-8H;/q;;+2/p-2. The van der Waals surface area contributed by atoms with E-state index in [1.807, 2.05) is 48.5 Å². The van der Waals surface area contributed by atoms with Gasteiger partial charge < -0.3 is 0 Å². The molecule has 2 aromatic carbocycles. The zero-order valence-corrected chi connectivity index (χ0v) is 13.5. The van der Waals surface area contributed by atoms with Crippen LogP contribution >= 0.6 is 25.3 Å². The van der Waals surface area contributed by atoms with Gasteiger partial charge >= 0.3 is 123 Å². The van der Waals surface area contributed by atoms with Crippen molar-refractivity contribution in [3.8, 4) is 11.5 Å². The van der Waals surface area contributed by atoms with Gasteiger partial charge in [0.15, 0.2) is 0 Å². The Morgan fingerprint density at radius 3 is 1.35 bits per heavy atom. The first-order valence-electron chi connectivity index (χ1n) is 4.91. The molecule has 2 radical (unpaired) electrons. The van der Waals surface area contributed by atoms with Crippen LogP contribution in [-0.4, -0.2) is 22.0 Å². The maximum atomic E-state index is 5.59. The molecule has 5 heteroatoms. The van der Waals surface area contributed by atoms with Crippen molar-refractivity contribution >= 4 is 47.2 Å². The van der Waals surface area contributed by atoms with Crippen LogP contribution in [0.3, 0.4) is 0 Å². The summed E-state index contributed by atoms with van der Waals surface area (Å²) in [6.07, 6.45) is 0. The second-order valence-corrected chi connectivity index (χ2v) is 5.95. The van der Waals surface area contributed by atoms with Gasteiger partial charge in [-0.3, -0.25) is 0 Å². The van der Waals surface area contributed by atoms with Gasteiger partial charge in [0, 0.05) is 0 Å². The van der Waals surface area contributed by atoms with Crippen molar-refractivity contribution in [2.75, 3.05) is 0 Å². The molecular weight excluding hydrogens is 359 g/mol. The average molecular weight is 369 g/mol. The van der Waals surface area contributed by atoms with E-state index in [1.165, 1.54) is 0 Å². The van der Waals surface area contributed by atoms with E-state index in [4.69, 9.17) is 6.15 Å². The molecule has 0 aromatic heterocycles. The first-order chi connectivity index (χ1) is 8.24. The fraction of sp³-hybridized carbons (Fsp3) is 0.